The number of carbonyl (C=O) groups excluding carboxylic acids is 2. The van der Waals surface area contributed by atoms with Crippen molar-refractivity contribution in [1.82, 2.24) is 0 Å². The highest BCUT2D eigenvalue weighted by molar-refractivity contribution is 7.09. The number of para-hydroxylation sites is 1. The lowest BCUT2D eigenvalue weighted by Gasteiger charge is -2.16. The van der Waals surface area contributed by atoms with Crippen molar-refractivity contribution in [2.24, 2.45) is 0 Å². The molecule has 0 saturated heterocycles. The number of benzene rings is 1. The monoisotopic (exact) mass is 359 g/mol. The Balaban J connectivity index is 1.78. The van der Waals surface area contributed by atoms with Crippen LogP contribution in [0.1, 0.15) is 48.6 Å². The number of aryl methyl sites for hydroxylation is 2. The highest BCUT2D eigenvalue weighted by Gasteiger charge is 2.13. The summed E-state index contributed by atoms with van der Waals surface area (Å²) in [6, 6.07) is 9.99. The number of hydrogen-bond donors (Lipinski definition) is 1. The SMILES string of the molecule is Cc1cccc(C(C)C)c1NC(=O)COC(=O)CCCc1cccs1. The molecule has 1 aromatic carbocycles. The highest BCUT2D eigenvalue weighted by Crippen LogP contribution is 2.27. The van der Waals surface area contributed by atoms with E-state index in [0.29, 0.717) is 12.3 Å². The zero-order valence-electron chi connectivity index (χ0n) is 15.0. The number of amides is 1. The number of nitrogens with one attached hydrogen (secondary N) is 1. The molecular formula is C20H25NO3S. The van der Waals surface area contributed by atoms with Crippen LogP contribution in [0, 0.1) is 6.92 Å². The number of thiophene rings is 1. The number of hydrogen-bond acceptors (Lipinski definition) is 4. The number of carbonyl (C=O) groups is 2. The van der Waals surface area contributed by atoms with Crippen LogP contribution in [0.4, 0.5) is 5.69 Å². The molecule has 2 aromatic rings. The molecule has 0 atom stereocenters. The van der Waals surface area contributed by atoms with Crippen molar-refractivity contribution in [1.29, 1.82) is 0 Å². The molecule has 134 valence electrons. The number of ether oxygens (including phenoxy) is 1. The fraction of sp³-hybridized carbons (Fsp3) is 0.400. The molecule has 0 radical (unpaired) electrons. The third-order valence-electron chi connectivity index (χ3n) is 3.94. The summed E-state index contributed by atoms with van der Waals surface area (Å²) in [5.41, 5.74) is 2.90. The predicted molar refractivity (Wildman–Crippen MR) is 102 cm³/mol. The van der Waals surface area contributed by atoms with Crippen LogP contribution in [-0.2, 0) is 20.7 Å². The first kappa shape index (κ1) is 19.2. The normalized spacial score (nSPS) is 10.7. The van der Waals surface area contributed by atoms with Crippen LogP contribution >= 0.6 is 11.3 Å². The van der Waals surface area contributed by atoms with Gasteiger partial charge in [0, 0.05) is 17.0 Å². The van der Waals surface area contributed by atoms with Crippen molar-refractivity contribution < 1.29 is 14.3 Å². The van der Waals surface area contributed by atoms with E-state index >= 15 is 0 Å². The minimum Gasteiger partial charge on any atom is -0.456 e. The summed E-state index contributed by atoms with van der Waals surface area (Å²) < 4.78 is 5.09. The van der Waals surface area contributed by atoms with Gasteiger partial charge >= 0.3 is 5.97 Å². The molecule has 0 fully saturated rings. The molecule has 0 aliphatic rings. The maximum atomic E-state index is 12.1. The van der Waals surface area contributed by atoms with Gasteiger partial charge in [-0.05, 0) is 48.3 Å². The van der Waals surface area contributed by atoms with Gasteiger partial charge in [0.15, 0.2) is 6.61 Å². The minimum atomic E-state index is -0.333. The van der Waals surface area contributed by atoms with Gasteiger partial charge in [-0.15, -0.1) is 11.3 Å². The van der Waals surface area contributed by atoms with Gasteiger partial charge in [-0.25, -0.2) is 0 Å². The molecule has 2 rings (SSSR count). The van der Waals surface area contributed by atoms with E-state index in [0.717, 1.165) is 29.7 Å². The molecule has 1 heterocycles. The van der Waals surface area contributed by atoms with Crippen LogP contribution in [0.2, 0.25) is 0 Å². The zero-order chi connectivity index (χ0) is 18.2. The van der Waals surface area contributed by atoms with Gasteiger partial charge in [0.2, 0.25) is 0 Å². The average molecular weight is 359 g/mol. The van der Waals surface area contributed by atoms with Crippen LogP contribution in [0.3, 0.4) is 0 Å². The Bertz CT molecular complexity index is 708. The van der Waals surface area contributed by atoms with E-state index in [1.165, 1.54) is 4.88 Å². The van der Waals surface area contributed by atoms with Gasteiger partial charge in [0.25, 0.3) is 5.91 Å². The number of rotatable bonds is 8. The third kappa shape index (κ3) is 6.02. The van der Waals surface area contributed by atoms with Gasteiger partial charge in [-0.1, -0.05) is 38.1 Å². The van der Waals surface area contributed by atoms with E-state index in [2.05, 4.69) is 25.2 Å². The van der Waals surface area contributed by atoms with Crippen molar-refractivity contribution in [2.45, 2.75) is 46.0 Å². The Hall–Kier alpha value is -2.14. The average Bonchev–Trinajstić information content (AvgIpc) is 3.08. The lowest BCUT2D eigenvalue weighted by atomic mass is 9.98. The first-order chi connectivity index (χ1) is 12.0. The molecule has 4 nitrogen and oxygen atoms in total. The van der Waals surface area contributed by atoms with E-state index in [1.54, 1.807) is 11.3 Å². The third-order valence-corrected chi connectivity index (χ3v) is 4.88. The first-order valence-corrected chi connectivity index (χ1v) is 9.42. The van der Waals surface area contributed by atoms with E-state index in [1.807, 2.05) is 36.6 Å². The molecule has 0 aliphatic heterocycles. The van der Waals surface area contributed by atoms with Crippen LogP contribution in [0.25, 0.3) is 0 Å². The van der Waals surface area contributed by atoms with Gasteiger partial charge in [0.05, 0.1) is 0 Å². The van der Waals surface area contributed by atoms with Crippen molar-refractivity contribution in [3.8, 4) is 0 Å². The summed E-state index contributed by atoms with van der Waals surface area (Å²) in [7, 11) is 0. The Morgan fingerprint density at radius 3 is 2.68 bits per heavy atom. The summed E-state index contributed by atoms with van der Waals surface area (Å²) in [5, 5.41) is 4.90. The standard InChI is InChI=1S/C20H25NO3S/c1-14(2)17-10-4-7-15(3)20(17)21-18(22)13-24-19(23)11-5-8-16-9-6-12-25-16/h4,6-7,9-10,12,14H,5,8,11,13H2,1-3H3,(H,21,22). The zero-order valence-corrected chi connectivity index (χ0v) is 15.8. The fourth-order valence-electron chi connectivity index (χ4n) is 2.60. The van der Waals surface area contributed by atoms with Crippen molar-refractivity contribution in [2.75, 3.05) is 11.9 Å². The molecule has 0 unspecified atom stereocenters. The summed E-state index contributed by atoms with van der Waals surface area (Å²) >= 11 is 1.68. The largest absolute Gasteiger partial charge is 0.456 e. The maximum Gasteiger partial charge on any atom is 0.306 e. The van der Waals surface area contributed by atoms with Gasteiger partial charge in [-0.3, -0.25) is 9.59 Å². The summed E-state index contributed by atoms with van der Waals surface area (Å²) in [5.74, 6) is -0.335. The van der Waals surface area contributed by atoms with Gasteiger partial charge in [0.1, 0.15) is 0 Å². The number of anilines is 1. The van der Waals surface area contributed by atoms with Crippen LogP contribution in [0.15, 0.2) is 35.7 Å². The van der Waals surface area contributed by atoms with E-state index in [-0.39, 0.29) is 18.5 Å². The van der Waals surface area contributed by atoms with Gasteiger partial charge < -0.3 is 10.1 Å². The molecule has 0 spiro atoms. The van der Waals surface area contributed by atoms with Crippen LogP contribution in [-0.4, -0.2) is 18.5 Å². The Morgan fingerprint density at radius 1 is 1.20 bits per heavy atom. The molecule has 1 N–H and O–H groups in total. The lowest BCUT2D eigenvalue weighted by molar-refractivity contribution is -0.147. The molecule has 0 saturated carbocycles. The van der Waals surface area contributed by atoms with E-state index < -0.39 is 0 Å². The molecule has 25 heavy (non-hydrogen) atoms. The van der Waals surface area contributed by atoms with E-state index in [9.17, 15) is 9.59 Å². The second-order valence-corrected chi connectivity index (χ2v) is 7.37. The van der Waals surface area contributed by atoms with Gasteiger partial charge in [-0.2, -0.15) is 0 Å². The smallest absolute Gasteiger partial charge is 0.306 e. The fourth-order valence-corrected chi connectivity index (χ4v) is 3.35. The quantitative estimate of drug-likeness (QED) is 0.696. The Kier molecular flexibility index (Phi) is 7.19. The Labute approximate surface area is 153 Å². The summed E-state index contributed by atoms with van der Waals surface area (Å²) in [6.07, 6.45) is 1.92. The molecule has 0 bridgehead atoms. The molecule has 1 amide bonds. The van der Waals surface area contributed by atoms with Crippen molar-refractivity contribution in [3.63, 3.8) is 0 Å². The van der Waals surface area contributed by atoms with Crippen molar-refractivity contribution in [3.05, 3.63) is 51.7 Å². The maximum absolute atomic E-state index is 12.1. The first-order valence-electron chi connectivity index (χ1n) is 8.54. The van der Waals surface area contributed by atoms with Crippen LogP contribution in [0.5, 0.6) is 0 Å². The topological polar surface area (TPSA) is 55.4 Å². The summed E-state index contributed by atoms with van der Waals surface area (Å²) in [6.45, 7) is 5.87. The molecular weight excluding hydrogens is 334 g/mol. The molecule has 5 heteroatoms. The van der Waals surface area contributed by atoms with Crippen LogP contribution < -0.4 is 5.32 Å². The van der Waals surface area contributed by atoms with E-state index in [4.69, 9.17) is 4.74 Å². The summed E-state index contributed by atoms with van der Waals surface area (Å²) in [4.78, 5) is 25.1. The second-order valence-electron chi connectivity index (χ2n) is 6.34. The second kappa shape index (κ2) is 9.37. The predicted octanol–water partition coefficient (Wildman–Crippen LogP) is 4.68. The van der Waals surface area contributed by atoms with Crippen molar-refractivity contribution >= 4 is 28.9 Å². The minimum absolute atomic E-state index is 0.246. The molecule has 0 aliphatic carbocycles. The lowest BCUT2D eigenvalue weighted by Crippen LogP contribution is -2.22. The number of esters is 1. The highest BCUT2D eigenvalue weighted by atomic mass is 32.1. The molecule has 1 aromatic heterocycles. The Morgan fingerprint density at radius 2 is 2.00 bits per heavy atom.